The molecule has 1 amide bonds. The van der Waals surface area contributed by atoms with Gasteiger partial charge in [-0.25, -0.2) is 4.39 Å². The Morgan fingerprint density at radius 3 is 2.57 bits per heavy atom. The van der Waals surface area contributed by atoms with Crippen LogP contribution in [0.4, 0.5) is 4.39 Å². The molecule has 23 heavy (non-hydrogen) atoms. The highest BCUT2D eigenvalue weighted by Crippen LogP contribution is 2.54. The van der Waals surface area contributed by atoms with Gasteiger partial charge in [-0.3, -0.25) is 14.4 Å². The van der Waals surface area contributed by atoms with E-state index in [0.717, 1.165) is 0 Å². The summed E-state index contributed by atoms with van der Waals surface area (Å²) in [6, 6.07) is 5.89. The average molecular weight is 423 g/mol. The Bertz CT molecular complexity index is 827. The molecule has 6 heteroatoms. The zero-order chi connectivity index (χ0) is 16.4. The van der Waals surface area contributed by atoms with Crippen molar-refractivity contribution in [2.24, 2.45) is 5.92 Å². The van der Waals surface area contributed by atoms with Gasteiger partial charge in [0.05, 0.1) is 21.6 Å². The second kappa shape index (κ2) is 4.83. The van der Waals surface area contributed by atoms with Gasteiger partial charge in [-0.1, -0.05) is 18.2 Å². The van der Waals surface area contributed by atoms with Gasteiger partial charge in [0.25, 0.3) is 5.91 Å². The first kappa shape index (κ1) is 14.7. The van der Waals surface area contributed by atoms with Gasteiger partial charge < -0.3 is 4.90 Å². The van der Waals surface area contributed by atoms with Crippen LogP contribution in [-0.4, -0.2) is 34.5 Å². The van der Waals surface area contributed by atoms with E-state index in [-0.39, 0.29) is 36.3 Å². The van der Waals surface area contributed by atoms with Crippen LogP contribution in [0.25, 0.3) is 5.57 Å². The predicted molar refractivity (Wildman–Crippen MR) is 89.0 cm³/mol. The third-order valence-electron chi connectivity index (χ3n) is 4.79. The van der Waals surface area contributed by atoms with E-state index in [1.807, 2.05) is 22.6 Å². The number of amides is 1. The fraction of sp³-hybridized carbons (Fsp3) is 0.235. The number of rotatable bonds is 1. The summed E-state index contributed by atoms with van der Waals surface area (Å²) in [6.07, 6.45) is 3.23. The lowest BCUT2D eigenvalue weighted by Crippen LogP contribution is -2.47. The summed E-state index contributed by atoms with van der Waals surface area (Å²) in [6.45, 7) is 0.0122. The zero-order valence-electron chi connectivity index (χ0n) is 11.9. The van der Waals surface area contributed by atoms with Crippen LogP contribution < -0.4 is 0 Å². The Kier molecular flexibility index (Phi) is 3.10. The van der Waals surface area contributed by atoms with E-state index in [1.165, 1.54) is 18.2 Å². The Balaban J connectivity index is 1.98. The smallest absolute Gasteiger partial charge is 0.261 e. The molecule has 0 aromatic heterocycles. The van der Waals surface area contributed by atoms with Crippen LogP contribution in [0.1, 0.15) is 12.0 Å². The molecule has 0 radical (unpaired) electrons. The lowest BCUT2D eigenvalue weighted by atomic mass is 9.71. The molecule has 0 bridgehead atoms. The second-order valence-electron chi connectivity index (χ2n) is 5.94. The number of carbonyl (C=O) groups is 3. The number of allylic oxidation sites excluding steroid dienone is 1. The van der Waals surface area contributed by atoms with Crippen LogP contribution in [0.5, 0.6) is 0 Å². The van der Waals surface area contributed by atoms with Crippen LogP contribution in [0.2, 0.25) is 0 Å². The normalized spacial score (nSPS) is 29.4. The molecule has 4 rings (SSSR count). The monoisotopic (exact) mass is 423 g/mol. The Labute approximate surface area is 145 Å². The molecule has 2 aliphatic heterocycles. The summed E-state index contributed by atoms with van der Waals surface area (Å²) in [7, 11) is 0. The number of ketones is 2. The summed E-state index contributed by atoms with van der Waals surface area (Å²) in [4.78, 5) is 38.3. The van der Waals surface area contributed by atoms with E-state index in [0.29, 0.717) is 14.7 Å². The van der Waals surface area contributed by atoms with E-state index >= 15 is 0 Å². The van der Waals surface area contributed by atoms with Crippen LogP contribution in [0.15, 0.2) is 40.0 Å². The van der Waals surface area contributed by atoms with Gasteiger partial charge in [0.1, 0.15) is 5.82 Å². The maximum Gasteiger partial charge on any atom is 0.261 e. The van der Waals surface area contributed by atoms with Gasteiger partial charge in [-0.15, -0.1) is 0 Å². The average Bonchev–Trinajstić information content (AvgIpc) is 2.92. The van der Waals surface area contributed by atoms with Crippen LogP contribution in [-0.2, 0) is 14.4 Å². The van der Waals surface area contributed by atoms with Crippen molar-refractivity contribution in [3.63, 3.8) is 0 Å². The molecule has 0 unspecified atom stereocenters. The van der Waals surface area contributed by atoms with Crippen molar-refractivity contribution in [1.82, 2.24) is 4.90 Å². The molecule has 2 heterocycles. The van der Waals surface area contributed by atoms with E-state index in [4.69, 9.17) is 0 Å². The summed E-state index contributed by atoms with van der Waals surface area (Å²) in [5, 5.41) is 0. The van der Waals surface area contributed by atoms with Gasteiger partial charge >= 0.3 is 0 Å². The molecule has 1 aromatic carbocycles. The first-order chi connectivity index (χ1) is 10.9. The quantitative estimate of drug-likeness (QED) is 0.652. The van der Waals surface area contributed by atoms with E-state index in [2.05, 4.69) is 0 Å². The second-order valence-corrected chi connectivity index (χ2v) is 7.01. The van der Waals surface area contributed by atoms with Gasteiger partial charge in [0.15, 0.2) is 11.6 Å². The summed E-state index contributed by atoms with van der Waals surface area (Å²) in [5.74, 6) is -1.34. The number of nitrogens with zero attached hydrogens (tertiary/aromatic N) is 1. The van der Waals surface area contributed by atoms with Crippen molar-refractivity contribution >= 4 is 45.6 Å². The van der Waals surface area contributed by atoms with Crippen LogP contribution in [0, 0.1) is 11.7 Å². The molecule has 116 valence electrons. The number of benzene rings is 1. The topological polar surface area (TPSA) is 54.5 Å². The SMILES string of the molecule is O=C1C=C[C@]23C(c4ccc(F)cc4)=C(I)C(=O)N2CC(=O)[C@H]3C1. The fourth-order valence-corrected chi connectivity index (χ4v) is 4.84. The van der Waals surface area contributed by atoms with E-state index in [9.17, 15) is 18.8 Å². The van der Waals surface area contributed by atoms with Crippen molar-refractivity contribution in [2.45, 2.75) is 12.0 Å². The Hall–Kier alpha value is -1.83. The third-order valence-corrected chi connectivity index (χ3v) is 5.80. The standard InChI is InChI=1S/C17H11FINO3/c18-10-3-1-9(2-4-10)14-15(19)16(23)20-8-13(22)12-7-11(21)5-6-17(12,14)20/h1-6,12H,7-8H2/t12-,17+/m1/s1. The van der Waals surface area contributed by atoms with Gasteiger partial charge in [-0.05, 0) is 46.4 Å². The minimum atomic E-state index is -0.906. The molecule has 1 fully saturated rings. The molecule has 1 aromatic rings. The first-order valence-electron chi connectivity index (χ1n) is 7.18. The molecule has 0 N–H and O–H groups in total. The van der Waals surface area contributed by atoms with Gasteiger partial charge in [0, 0.05) is 12.0 Å². The van der Waals surface area contributed by atoms with Gasteiger partial charge in [0.2, 0.25) is 0 Å². The minimum Gasteiger partial charge on any atom is -0.317 e. The Morgan fingerprint density at radius 1 is 1.17 bits per heavy atom. The molecular formula is C17H11FINO3. The lowest BCUT2D eigenvalue weighted by Gasteiger charge is -2.37. The number of hydrogen-bond donors (Lipinski definition) is 0. The van der Waals surface area contributed by atoms with E-state index < -0.39 is 11.5 Å². The fourth-order valence-electron chi connectivity index (χ4n) is 3.80. The van der Waals surface area contributed by atoms with Crippen molar-refractivity contribution in [1.29, 1.82) is 0 Å². The molecule has 2 atom stereocenters. The van der Waals surface area contributed by atoms with Crippen LogP contribution in [0.3, 0.4) is 0 Å². The first-order valence-corrected chi connectivity index (χ1v) is 8.26. The molecular weight excluding hydrogens is 412 g/mol. The molecule has 0 saturated carbocycles. The van der Waals surface area contributed by atoms with Gasteiger partial charge in [-0.2, -0.15) is 0 Å². The van der Waals surface area contributed by atoms with Crippen molar-refractivity contribution in [2.75, 3.05) is 6.54 Å². The largest absolute Gasteiger partial charge is 0.317 e. The number of hydrogen-bond acceptors (Lipinski definition) is 3. The van der Waals surface area contributed by atoms with E-state index in [1.54, 1.807) is 23.1 Å². The predicted octanol–water partition coefficient (Wildman–Crippen LogP) is 2.28. The summed E-state index contributed by atoms with van der Waals surface area (Å²) >= 11 is 1.98. The maximum absolute atomic E-state index is 13.3. The molecule has 1 saturated heterocycles. The highest BCUT2D eigenvalue weighted by molar-refractivity contribution is 14.1. The minimum absolute atomic E-state index is 0.0122. The van der Waals surface area contributed by atoms with Crippen molar-refractivity contribution < 1.29 is 18.8 Å². The number of Topliss-reactive ketones (excluding diaryl/α,β-unsaturated/α-hetero) is 1. The molecule has 1 spiro atoms. The highest BCUT2D eigenvalue weighted by atomic mass is 127. The maximum atomic E-state index is 13.3. The zero-order valence-corrected chi connectivity index (χ0v) is 14.0. The highest BCUT2D eigenvalue weighted by Gasteiger charge is 2.62. The van der Waals surface area contributed by atoms with Crippen molar-refractivity contribution in [3.05, 3.63) is 51.4 Å². The number of halogens is 2. The summed E-state index contributed by atoms with van der Waals surface area (Å²) in [5.41, 5.74) is 0.490. The number of carbonyl (C=O) groups excluding carboxylic acids is 3. The van der Waals surface area contributed by atoms with Crippen molar-refractivity contribution in [3.8, 4) is 0 Å². The third kappa shape index (κ3) is 1.84. The lowest BCUT2D eigenvalue weighted by molar-refractivity contribution is -0.128. The summed E-state index contributed by atoms with van der Waals surface area (Å²) < 4.78 is 13.8. The molecule has 3 aliphatic rings. The Morgan fingerprint density at radius 2 is 1.87 bits per heavy atom. The molecule has 1 aliphatic carbocycles. The molecule has 4 nitrogen and oxygen atoms in total. The van der Waals surface area contributed by atoms with Crippen LogP contribution >= 0.6 is 22.6 Å².